The highest BCUT2D eigenvalue weighted by Crippen LogP contribution is 2.45. The maximum atomic E-state index is 15.0. The molecule has 2 aromatic rings. The lowest BCUT2D eigenvalue weighted by molar-refractivity contribution is -0.138. The van der Waals surface area contributed by atoms with Crippen molar-refractivity contribution >= 4 is 16.1 Å². The molecule has 2 saturated heterocycles. The van der Waals surface area contributed by atoms with Crippen LogP contribution in [0.2, 0.25) is 0 Å². The molecule has 0 radical (unpaired) electrons. The summed E-state index contributed by atoms with van der Waals surface area (Å²) in [7, 11) is -4.05. The van der Waals surface area contributed by atoms with Gasteiger partial charge in [-0.2, -0.15) is 25.9 Å². The van der Waals surface area contributed by atoms with Gasteiger partial charge in [0.05, 0.1) is 11.1 Å². The van der Waals surface area contributed by atoms with Crippen molar-refractivity contribution in [3.8, 4) is 5.75 Å². The summed E-state index contributed by atoms with van der Waals surface area (Å²) in [5, 5.41) is 0. The van der Waals surface area contributed by atoms with Crippen molar-refractivity contribution < 1.29 is 39.9 Å². The van der Waals surface area contributed by atoms with E-state index in [1.807, 2.05) is 4.72 Å². The molecular formula is C26H28F5N3O4S. The fraction of sp³-hybridized carbons (Fsp3) is 0.500. The van der Waals surface area contributed by atoms with Crippen LogP contribution in [-0.2, 0) is 22.9 Å². The highest BCUT2D eigenvalue weighted by Gasteiger charge is 2.36. The zero-order chi connectivity index (χ0) is 27.9. The van der Waals surface area contributed by atoms with Gasteiger partial charge in [0.15, 0.2) is 0 Å². The number of rotatable bonds is 8. The Kier molecular flexibility index (Phi) is 7.59. The average molecular weight is 574 g/mol. The summed E-state index contributed by atoms with van der Waals surface area (Å²) in [5.41, 5.74) is -0.862. The summed E-state index contributed by atoms with van der Waals surface area (Å²) in [5.74, 6) is -2.68. The molecule has 3 aliphatic rings. The quantitative estimate of drug-likeness (QED) is 0.468. The van der Waals surface area contributed by atoms with Gasteiger partial charge in [0.25, 0.3) is 5.91 Å². The number of nitrogens with zero attached hydrogens (tertiary/aromatic N) is 2. The van der Waals surface area contributed by atoms with Crippen LogP contribution < -0.4 is 9.46 Å². The molecule has 2 heterocycles. The van der Waals surface area contributed by atoms with Crippen LogP contribution in [0.25, 0.3) is 0 Å². The normalized spacial score (nSPS) is 20.9. The van der Waals surface area contributed by atoms with Crippen LogP contribution in [0, 0.1) is 11.6 Å². The maximum absolute atomic E-state index is 15.0. The van der Waals surface area contributed by atoms with E-state index >= 15 is 4.39 Å². The van der Waals surface area contributed by atoms with Crippen molar-refractivity contribution in [1.29, 1.82) is 0 Å². The minimum Gasteiger partial charge on any atom is -0.489 e. The third-order valence-electron chi connectivity index (χ3n) is 7.27. The number of piperidine rings is 1. The molecular weight excluding hydrogens is 545 g/mol. The highest BCUT2D eigenvalue weighted by molar-refractivity contribution is 7.87. The van der Waals surface area contributed by atoms with E-state index in [0.717, 1.165) is 35.3 Å². The van der Waals surface area contributed by atoms with Crippen molar-refractivity contribution in [2.75, 3.05) is 26.2 Å². The Labute approximate surface area is 223 Å². The number of benzene rings is 2. The Morgan fingerprint density at radius 3 is 2.41 bits per heavy atom. The summed E-state index contributed by atoms with van der Waals surface area (Å²) in [6.45, 7) is 1.33. The molecule has 7 nitrogen and oxygen atoms in total. The topological polar surface area (TPSA) is 79.0 Å². The lowest BCUT2D eigenvalue weighted by Gasteiger charge is -2.34. The monoisotopic (exact) mass is 573 g/mol. The zero-order valence-corrected chi connectivity index (χ0v) is 21.8. The number of ether oxygens (including phenoxy) is 1. The largest absolute Gasteiger partial charge is 0.489 e. The molecule has 0 unspecified atom stereocenters. The number of hydrogen-bond acceptors (Lipinski definition) is 5. The Bertz CT molecular complexity index is 1360. The second-order valence-electron chi connectivity index (χ2n) is 10.2. The molecule has 1 atom stereocenters. The second kappa shape index (κ2) is 10.7. The van der Waals surface area contributed by atoms with Gasteiger partial charge in [-0.1, -0.05) is 6.07 Å². The van der Waals surface area contributed by atoms with Crippen LogP contribution >= 0.6 is 0 Å². The van der Waals surface area contributed by atoms with Crippen LogP contribution in [0.5, 0.6) is 5.75 Å². The van der Waals surface area contributed by atoms with Crippen LogP contribution in [0.15, 0.2) is 30.3 Å². The number of carbonyl (C=O) groups is 1. The van der Waals surface area contributed by atoms with Gasteiger partial charge in [-0.3, -0.25) is 9.69 Å². The number of likely N-dealkylation sites (tertiary alicyclic amines) is 1. The minimum atomic E-state index is -4.69. The van der Waals surface area contributed by atoms with E-state index in [2.05, 4.69) is 0 Å². The zero-order valence-electron chi connectivity index (χ0n) is 20.9. The Hall–Kier alpha value is -2.77. The third-order valence-corrected chi connectivity index (χ3v) is 8.75. The van der Waals surface area contributed by atoms with Gasteiger partial charge < -0.3 is 4.74 Å². The smallest absolute Gasteiger partial charge is 0.416 e. The summed E-state index contributed by atoms with van der Waals surface area (Å²) in [4.78, 5) is 14.4. The number of halogens is 5. The predicted octanol–water partition coefficient (Wildman–Crippen LogP) is 4.58. The molecule has 13 heteroatoms. The molecule has 1 N–H and O–H groups in total. The Balaban J connectivity index is 1.31. The SMILES string of the molecule is O=C(NS(=O)(=O)N1CCC1)c1cc(C2CC2)c(O[C@@H]2CCCN(Cc3ccc(F)cc3C(F)(F)F)C2)cc1F. The predicted molar refractivity (Wildman–Crippen MR) is 131 cm³/mol. The number of alkyl halides is 3. The number of amides is 1. The molecule has 2 aliphatic heterocycles. The lowest BCUT2D eigenvalue weighted by atomic mass is 10.0. The van der Waals surface area contributed by atoms with Crippen molar-refractivity contribution in [3.05, 3.63) is 64.2 Å². The summed E-state index contributed by atoms with van der Waals surface area (Å²) < 4.78 is 103. The molecule has 0 spiro atoms. The van der Waals surface area contributed by atoms with Crippen LogP contribution in [0.1, 0.15) is 65.1 Å². The van der Waals surface area contributed by atoms with E-state index in [-0.39, 0.29) is 30.3 Å². The van der Waals surface area contributed by atoms with Gasteiger partial charge in [-0.25, -0.2) is 13.5 Å². The van der Waals surface area contributed by atoms with Gasteiger partial charge in [0.1, 0.15) is 23.5 Å². The Morgan fingerprint density at radius 1 is 1.03 bits per heavy atom. The molecule has 1 aliphatic carbocycles. The minimum absolute atomic E-state index is 0.0346. The lowest BCUT2D eigenvalue weighted by Crippen LogP contribution is -2.49. The molecule has 2 aromatic carbocycles. The molecule has 1 amide bonds. The van der Waals surface area contributed by atoms with E-state index in [1.165, 1.54) is 6.07 Å². The summed E-state index contributed by atoms with van der Waals surface area (Å²) >= 11 is 0. The fourth-order valence-electron chi connectivity index (χ4n) is 4.95. The van der Waals surface area contributed by atoms with Gasteiger partial charge >= 0.3 is 16.4 Å². The summed E-state index contributed by atoms with van der Waals surface area (Å²) in [6, 6.07) is 5.04. The molecule has 5 rings (SSSR count). The van der Waals surface area contributed by atoms with Crippen LogP contribution in [0.3, 0.4) is 0 Å². The first-order chi connectivity index (χ1) is 18.4. The van der Waals surface area contributed by atoms with Crippen molar-refractivity contribution in [2.24, 2.45) is 0 Å². The average Bonchev–Trinajstić information content (AvgIpc) is 3.63. The van der Waals surface area contributed by atoms with Crippen molar-refractivity contribution in [2.45, 2.75) is 56.8 Å². The maximum Gasteiger partial charge on any atom is 0.416 e. The van der Waals surface area contributed by atoms with Crippen molar-refractivity contribution in [3.63, 3.8) is 0 Å². The fourth-order valence-corrected chi connectivity index (χ4v) is 6.16. The van der Waals surface area contributed by atoms with Crippen LogP contribution in [-0.4, -0.2) is 55.8 Å². The molecule has 39 heavy (non-hydrogen) atoms. The molecule has 0 aromatic heterocycles. The number of nitrogens with one attached hydrogen (secondary N) is 1. The standard InChI is InChI=1S/C26H28F5N3O4S/c27-18-7-6-17(22(11-18)26(29,30)31)14-33-8-1-3-19(15-33)38-24-13-23(28)21(12-20(24)16-4-5-16)25(35)32-39(36,37)34-9-2-10-34/h6-7,11-13,16,19H,1-5,8-10,14-15H2,(H,32,35)/t19-/m1/s1. The van der Waals surface area contributed by atoms with Gasteiger partial charge in [0.2, 0.25) is 0 Å². The number of hydrogen-bond donors (Lipinski definition) is 1. The Morgan fingerprint density at radius 2 is 1.77 bits per heavy atom. The van der Waals surface area contributed by atoms with Gasteiger partial charge in [-0.15, -0.1) is 0 Å². The first-order valence-electron chi connectivity index (χ1n) is 12.8. The van der Waals surface area contributed by atoms with Crippen molar-refractivity contribution in [1.82, 2.24) is 13.9 Å². The molecule has 0 bridgehead atoms. The van der Waals surface area contributed by atoms with E-state index < -0.39 is 51.2 Å². The van der Waals surface area contributed by atoms with E-state index in [1.54, 1.807) is 4.90 Å². The molecule has 212 valence electrons. The second-order valence-corrected chi connectivity index (χ2v) is 11.9. The molecule has 3 fully saturated rings. The first-order valence-corrected chi connectivity index (χ1v) is 14.2. The van der Waals surface area contributed by atoms with E-state index in [4.69, 9.17) is 4.74 Å². The van der Waals surface area contributed by atoms with Gasteiger partial charge in [0, 0.05) is 32.2 Å². The first kappa shape index (κ1) is 27.8. The highest BCUT2D eigenvalue weighted by atomic mass is 32.2. The third kappa shape index (κ3) is 6.36. The number of carbonyl (C=O) groups excluding carboxylic acids is 1. The molecule has 1 saturated carbocycles. The van der Waals surface area contributed by atoms with Gasteiger partial charge in [-0.05, 0) is 73.9 Å². The van der Waals surface area contributed by atoms with Crippen LogP contribution in [0.4, 0.5) is 22.0 Å². The van der Waals surface area contributed by atoms with E-state index in [0.29, 0.717) is 50.5 Å². The van der Waals surface area contributed by atoms with E-state index in [9.17, 15) is 30.8 Å². The summed E-state index contributed by atoms with van der Waals surface area (Å²) in [6.07, 6.45) is -1.63.